The Hall–Kier alpha value is -1.27. The van der Waals surface area contributed by atoms with E-state index in [1.807, 2.05) is 0 Å². The van der Waals surface area contributed by atoms with Crippen molar-refractivity contribution in [3.05, 3.63) is 24.3 Å². The van der Waals surface area contributed by atoms with Gasteiger partial charge in [0.25, 0.3) is 0 Å². The van der Waals surface area contributed by atoms with Crippen molar-refractivity contribution in [3.63, 3.8) is 0 Å². The largest absolute Gasteiger partial charge is 0.461 e. The van der Waals surface area contributed by atoms with E-state index < -0.39 is 0 Å². The molecule has 2 aromatic rings. The van der Waals surface area contributed by atoms with Crippen LogP contribution in [-0.4, -0.2) is 27.1 Å². The Morgan fingerprint density at radius 1 is 1.53 bits per heavy atom. The smallest absolute Gasteiger partial charge is 0.238 e. The van der Waals surface area contributed by atoms with Gasteiger partial charge in [0.1, 0.15) is 0 Å². The van der Waals surface area contributed by atoms with Gasteiger partial charge in [-0.3, -0.25) is 0 Å². The topological polar surface area (TPSA) is 72.3 Å². The molecule has 17 heavy (non-hydrogen) atoms. The second-order valence-corrected chi connectivity index (χ2v) is 5.05. The lowest BCUT2D eigenvalue weighted by molar-refractivity contribution is 0.289. The van der Waals surface area contributed by atoms with Crippen molar-refractivity contribution in [1.82, 2.24) is 10.1 Å². The third kappa shape index (κ3) is 3.34. The molecule has 0 aromatic carbocycles. The Morgan fingerprint density at radius 2 is 2.41 bits per heavy atom. The molecule has 0 bridgehead atoms. The van der Waals surface area contributed by atoms with Gasteiger partial charge in [0.2, 0.25) is 11.7 Å². The van der Waals surface area contributed by atoms with Gasteiger partial charge in [-0.25, -0.2) is 0 Å². The minimum Gasteiger partial charge on any atom is -0.461 e. The highest BCUT2D eigenvalue weighted by molar-refractivity contribution is 7.99. The minimum atomic E-state index is 0.204. The van der Waals surface area contributed by atoms with Crippen LogP contribution in [0.25, 0.3) is 11.6 Å². The molecule has 0 fully saturated rings. The zero-order valence-electron chi connectivity index (χ0n) is 9.50. The third-order valence-corrected chi connectivity index (χ3v) is 3.45. The van der Waals surface area contributed by atoms with Crippen LogP contribution in [0.2, 0.25) is 0 Å². The predicted octanol–water partition coefficient (Wildman–Crippen LogP) is 2.33. The maximum absolute atomic E-state index is 8.79. The molecular formula is C11H14N2O3S. The fourth-order valence-corrected chi connectivity index (χ4v) is 2.11. The van der Waals surface area contributed by atoms with Gasteiger partial charge in [0.15, 0.2) is 5.76 Å². The molecule has 0 saturated heterocycles. The molecule has 0 saturated carbocycles. The summed E-state index contributed by atoms with van der Waals surface area (Å²) in [5.74, 6) is 2.30. The Kier molecular flexibility index (Phi) is 4.22. The molecular weight excluding hydrogens is 240 g/mol. The van der Waals surface area contributed by atoms with Gasteiger partial charge in [-0.1, -0.05) is 12.1 Å². The number of aliphatic hydroxyl groups excluding tert-OH is 1. The molecule has 0 aliphatic rings. The van der Waals surface area contributed by atoms with E-state index in [0.717, 1.165) is 6.42 Å². The van der Waals surface area contributed by atoms with Gasteiger partial charge in [0.05, 0.1) is 12.0 Å². The number of rotatable bonds is 6. The highest BCUT2D eigenvalue weighted by atomic mass is 32.2. The average Bonchev–Trinajstić information content (AvgIpc) is 2.97. The highest BCUT2D eigenvalue weighted by Crippen LogP contribution is 2.21. The minimum absolute atomic E-state index is 0.204. The summed E-state index contributed by atoms with van der Waals surface area (Å²) in [6.07, 6.45) is 2.34. The number of thioether (sulfide) groups is 1. The first kappa shape index (κ1) is 12.2. The quantitative estimate of drug-likeness (QED) is 0.853. The predicted molar refractivity (Wildman–Crippen MR) is 64.5 cm³/mol. The van der Waals surface area contributed by atoms with Crippen LogP contribution in [0.4, 0.5) is 0 Å². The zero-order valence-corrected chi connectivity index (χ0v) is 10.3. The van der Waals surface area contributed by atoms with Crippen molar-refractivity contribution in [2.45, 2.75) is 24.3 Å². The number of aromatic nitrogens is 2. The van der Waals surface area contributed by atoms with E-state index in [2.05, 4.69) is 17.1 Å². The lowest BCUT2D eigenvalue weighted by atomic mass is 10.3. The molecule has 2 aromatic heterocycles. The Bertz CT molecular complexity index is 441. The molecule has 2 rings (SSSR count). The van der Waals surface area contributed by atoms with Gasteiger partial charge >= 0.3 is 0 Å². The molecule has 0 aliphatic carbocycles. The highest BCUT2D eigenvalue weighted by Gasteiger charge is 2.11. The van der Waals surface area contributed by atoms with E-state index in [4.69, 9.17) is 14.0 Å². The molecule has 0 spiro atoms. The van der Waals surface area contributed by atoms with E-state index in [1.165, 1.54) is 0 Å². The van der Waals surface area contributed by atoms with Crippen molar-refractivity contribution in [1.29, 1.82) is 0 Å². The summed E-state index contributed by atoms with van der Waals surface area (Å²) < 4.78 is 10.3. The van der Waals surface area contributed by atoms with Gasteiger partial charge in [-0.15, -0.1) is 11.8 Å². The van der Waals surface area contributed by atoms with Crippen molar-refractivity contribution >= 4 is 11.8 Å². The van der Waals surface area contributed by atoms with Crippen LogP contribution in [0.5, 0.6) is 0 Å². The van der Waals surface area contributed by atoms with E-state index in [0.29, 0.717) is 28.5 Å². The van der Waals surface area contributed by atoms with Gasteiger partial charge in [-0.2, -0.15) is 4.98 Å². The van der Waals surface area contributed by atoms with Crippen LogP contribution in [0, 0.1) is 0 Å². The van der Waals surface area contributed by atoms with Crippen LogP contribution < -0.4 is 0 Å². The zero-order chi connectivity index (χ0) is 12.1. The van der Waals surface area contributed by atoms with Crippen LogP contribution >= 0.6 is 11.8 Å². The van der Waals surface area contributed by atoms with Crippen LogP contribution in [0.1, 0.15) is 19.2 Å². The van der Waals surface area contributed by atoms with Crippen LogP contribution in [0.3, 0.4) is 0 Å². The van der Waals surface area contributed by atoms with Gasteiger partial charge in [-0.05, 0) is 18.6 Å². The molecule has 0 amide bonds. The maximum atomic E-state index is 8.79. The molecule has 0 radical (unpaired) electrons. The average molecular weight is 254 g/mol. The summed E-state index contributed by atoms with van der Waals surface area (Å²) in [5.41, 5.74) is 0. The fraction of sp³-hybridized carbons (Fsp3) is 0.455. The molecule has 2 heterocycles. The van der Waals surface area contributed by atoms with E-state index in [1.54, 1.807) is 30.2 Å². The monoisotopic (exact) mass is 254 g/mol. The molecule has 1 unspecified atom stereocenters. The SMILES string of the molecule is CC(CCO)SCc1nc(-c2ccco2)no1. The van der Waals surface area contributed by atoms with E-state index >= 15 is 0 Å². The summed E-state index contributed by atoms with van der Waals surface area (Å²) in [7, 11) is 0. The van der Waals surface area contributed by atoms with Crippen molar-refractivity contribution in [2.24, 2.45) is 0 Å². The normalized spacial score (nSPS) is 12.8. The summed E-state index contributed by atoms with van der Waals surface area (Å²) >= 11 is 1.68. The van der Waals surface area contributed by atoms with Crippen molar-refractivity contribution in [3.8, 4) is 11.6 Å². The Balaban J connectivity index is 1.91. The summed E-state index contributed by atoms with van der Waals surface area (Å²) in [6.45, 7) is 2.26. The standard InChI is InChI=1S/C11H14N2O3S/c1-8(4-5-14)17-7-10-12-11(13-16-10)9-3-2-6-15-9/h2-3,6,8,14H,4-5,7H2,1H3. The summed E-state index contributed by atoms with van der Waals surface area (Å²) in [6, 6.07) is 3.57. The molecule has 1 N–H and O–H groups in total. The number of furan rings is 1. The first-order valence-electron chi connectivity index (χ1n) is 5.38. The second kappa shape index (κ2) is 5.88. The molecule has 6 heteroatoms. The van der Waals surface area contributed by atoms with Crippen molar-refractivity contribution in [2.75, 3.05) is 6.61 Å². The molecule has 0 aliphatic heterocycles. The second-order valence-electron chi connectivity index (χ2n) is 3.62. The fourth-order valence-electron chi connectivity index (χ4n) is 1.30. The Morgan fingerprint density at radius 3 is 3.12 bits per heavy atom. The third-order valence-electron chi connectivity index (χ3n) is 2.24. The molecule has 5 nitrogen and oxygen atoms in total. The first-order chi connectivity index (χ1) is 8.29. The maximum Gasteiger partial charge on any atom is 0.238 e. The molecule has 92 valence electrons. The number of hydrogen-bond acceptors (Lipinski definition) is 6. The van der Waals surface area contributed by atoms with Crippen molar-refractivity contribution < 1.29 is 14.0 Å². The molecule has 1 atom stereocenters. The van der Waals surface area contributed by atoms with Gasteiger partial charge < -0.3 is 14.0 Å². The number of aliphatic hydroxyl groups is 1. The summed E-state index contributed by atoms with van der Waals surface area (Å²) in [5, 5.41) is 13.0. The lowest BCUT2D eigenvalue weighted by Crippen LogP contribution is -1.99. The number of hydrogen-bond donors (Lipinski definition) is 1. The van der Waals surface area contributed by atoms with E-state index in [9.17, 15) is 0 Å². The summed E-state index contributed by atoms with van der Waals surface area (Å²) in [4.78, 5) is 4.23. The lowest BCUT2D eigenvalue weighted by Gasteiger charge is -2.05. The van der Waals surface area contributed by atoms with Crippen LogP contribution in [-0.2, 0) is 5.75 Å². The Labute approximate surface area is 103 Å². The number of nitrogens with zero attached hydrogens (tertiary/aromatic N) is 2. The van der Waals surface area contributed by atoms with Crippen LogP contribution in [0.15, 0.2) is 27.3 Å². The van der Waals surface area contributed by atoms with Gasteiger partial charge in [0, 0.05) is 11.9 Å². The van der Waals surface area contributed by atoms with E-state index in [-0.39, 0.29) is 6.61 Å². The first-order valence-corrected chi connectivity index (χ1v) is 6.43.